The predicted octanol–water partition coefficient (Wildman–Crippen LogP) is 0.452. The number of nitrogens with zero attached hydrogens (tertiary/aromatic N) is 1. The number of carbonyl (C=O) groups excluding carboxylic acids is 1. The summed E-state index contributed by atoms with van der Waals surface area (Å²) in [6.45, 7) is 2.38. The Morgan fingerprint density at radius 1 is 1.24 bits per heavy atom. The highest BCUT2D eigenvalue weighted by Crippen LogP contribution is 2.27. The van der Waals surface area contributed by atoms with Crippen LogP contribution >= 0.6 is 0 Å². The summed E-state index contributed by atoms with van der Waals surface area (Å²) in [7, 11) is 0. The maximum absolute atomic E-state index is 11.7. The van der Waals surface area contributed by atoms with Crippen LogP contribution in [0.2, 0.25) is 0 Å². The minimum absolute atomic E-state index is 0.0684. The van der Waals surface area contributed by atoms with Crippen molar-refractivity contribution in [1.29, 1.82) is 0 Å². The van der Waals surface area contributed by atoms with E-state index >= 15 is 0 Å². The number of nitrogens with one attached hydrogen (secondary N) is 1. The third-order valence-electron chi connectivity index (χ3n) is 3.80. The van der Waals surface area contributed by atoms with E-state index in [1.807, 2.05) is 4.90 Å². The zero-order valence-electron chi connectivity index (χ0n) is 10.0. The molecule has 0 bridgehead atoms. The van der Waals surface area contributed by atoms with Crippen LogP contribution in [0.5, 0.6) is 0 Å². The fourth-order valence-electron chi connectivity index (χ4n) is 2.53. The van der Waals surface area contributed by atoms with Gasteiger partial charge in [0.05, 0.1) is 5.92 Å². The first-order valence-electron chi connectivity index (χ1n) is 6.42. The maximum Gasteiger partial charge on any atom is 0.308 e. The summed E-state index contributed by atoms with van der Waals surface area (Å²) < 4.78 is 0. The Morgan fingerprint density at radius 2 is 1.94 bits per heavy atom. The molecule has 5 heteroatoms. The van der Waals surface area contributed by atoms with Crippen molar-refractivity contribution in [2.45, 2.75) is 38.1 Å². The number of amides is 1. The van der Waals surface area contributed by atoms with Crippen molar-refractivity contribution in [1.82, 2.24) is 10.2 Å². The molecule has 1 aliphatic carbocycles. The number of carbonyl (C=O) groups is 2. The Labute approximate surface area is 101 Å². The first-order chi connectivity index (χ1) is 8.18. The lowest BCUT2D eigenvalue weighted by atomic mass is 9.79. The van der Waals surface area contributed by atoms with Gasteiger partial charge < -0.3 is 15.3 Å². The molecule has 1 aliphatic heterocycles. The summed E-state index contributed by atoms with van der Waals surface area (Å²) in [5, 5.41) is 12.0. The molecule has 0 aromatic rings. The Bertz CT molecular complexity index is 300. The molecule has 2 N–H and O–H groups in total. The smallest absolute Gasteiger partial charge is 0.308 e. The molecule has 0 spiro atoms. The zero-order chi connectivity index (χ0) is 12.3. The third-order valence-corrected chi connectivity index (χ3v) is 3.80. The normalized spacial score (nSPS) is 27.9. The fourth-order valence-corrected chi connectivity index (χ4v) is 2.53. The topological polar surface area (TPSA) is 69.6 Å². The van der Waals surface area contributed by atoms with E-state index < -0.39 is 5.97 Å². The molecule has 1 saturated heterocycles. The van der Waals surface area contributed by atoms with Crippen molar-refractivity contribution in [2.75, 3.05) is 19.6 Å². The van der Waals surface area contributed by atoms with Crippen LogP contribution in [0.3, 0.4) is 0 Å². The van der Waals surface area contributed by atoms with Gasteiger partial charge in [-0.05, 0) is 25.7 Å². The van der Waals surface area contributed by atoms with Crippen molar-refractivity contribution in [3.8, 4) is 0 Å². The Kier molecular flexibility index (Phi) is 3.99. The van der Waals surface area contributed by atoms with Gasteiger partial charge in [-0.15, -0.1) is 0 Å². The quantitative estimate of drug-likeness (QED) is 0.732. The van der Waals surface area contributed by atoms with E-state index in [9.17, 15) is 9.59 Å². The van der Waals surface area contributed by atoms with Crippen molar-refractivity contribution >= 4 is 11.9 Å². The summed E-state index contributed by atoms with van der Waals surface area (Å²) in [4.78, 5) is 24.4. The largest absolute Gasteiger partial charge is 0.481 e. The number of hydrogen-bond donors (Lipinski definition) is 2. The Morgan fingerprint density at radius 3 is 2.47 bits per heavy atom. The summed E-state index contributed by atoms with van der Waals surface area (Å²) in [6, 6.07) is 0.0684. The van der Waals surface area contributed by atoms with Gasteiger partial charge in [-0.1, -0.05) is 0 Å². The second-order valence-electron chi connectivity index (χ2n) is 4.92. The second-order valence-corrected chi connectivity index (χ2v) is 4.92. The molecule has 1 amide bonds. The molecule has 17 heavy (non-hydrogen) atoms. The van der Waals surface area contributed by atoms with Crippen molar-refractivity contribution in [2.24, 2.45) is 5.92 Å². The van der Waals surface area contributed by atoms with Crippen LogP contribution in [-0.4, -0.2) is 47.6 Å². The lowest BCUT2D eigenvalue weighted by Crippen LogP contribution is -2.48. The SMILES string of the molecule is O=C(O)C1CCC1NCCC(=O)N1CCCC1. The van der Waals surface area contributed by atoms with Gasteiger partial charge in [-0.2, -0.15) is 0 Å². The van der Waals surface area contributed by atoms with E-state index in [0.717, 1.165) is 38.8 Å². The van der Waals surface area contributed by atoms with Crippen LogP contribution in [0.4, 0.5) is 0 Å². The van der Waals surface area contributed by atoms with Gasteiger partial charge in [0.15, 0.2) is 0 Å². The van der Waals surface area contributed by atoms with Crippen LogP contribution in [0.15, 0.2) is 0 Å². The van der Waals surface area contributed by atoms with Crippen LogP contribution in [0, 0.1) is 5.92 Å². The van der Waals surface area contributed by atoms with E-state index in [4.69, 9.17) is 5.11 Å². The highest BCUT2D eigenvalue weighted by atomic mass is 16.4. The summed E-state index contributed by atoms with van der Waals surface area (Å²) >= 11 is 0. The third kappa shape index (κ3) is 2.97. The molecule has 2 atom stereocenters. The first-order valence-corrected chi connectivity index (χ1v) is 6.42. The predicted molar refractivity (Wildman–Crippen MR) is 62.6 cm³/mol. The van der Waals surface area contributed by atoms with Crippen LogP contribution < -0.4 is 5.32 Å². The second kappa shape index (κ2) is 5.49. The summed E-state index contributed by atoms with van der Waals surface area (Å²) in [6.07, 6.45) is 4.39. The number of carboxylic acids is 1. The molecule has 1 saturated carbocycles. The molecule has 0 aromatic heterocycles. The van der Waals surface area contributed by atoms with Gasteiger partial charge in [-0.25, -0.2) is 0 Å². The zero-order valence-corrected chi connectivity index (χ0v) is 10.0. The van der Waals surface area contributed by atoms with Gasteiger partial charge in [0.1, 0.15) is 0 Å². The number of likely N-dealkylation sites (tertiary alicyclic amines) is 1. The van der Waals surface area contributed by atoms with Crippen molar-refractivity contribution < 1.29 is 14.7 Å². The van der Waals surface area contributed by atoms with Crippen LogP contribution in [-0.2, 0) is 9.59 Å². The van der Waals surface area contributed by atoms with E-state index in [-0.39, 0.29) is 17.9 Å². The Hall–Kier alpha value is -1.10. The van der Waals surface area contributed by atoms with Gasteiger partial charge in [-0.3, -0.25) is 9.59 Å². The number of aliphatic carboxylic acids is 1. The molecular weight excluding hydrogens is 220 g/mol. The maximum atomic E-state index is 11.7. The lowest BCUT2D eigenvalue weighted by Gasteiger charge is -2.34. The lowest BCUT2D eigenvalue weighted by molar-refractivity contribution is -0.146. The monoisotopic (exact) mass is 240 g/mol. The average Bonchev–Trinajstić information content (AvgIpc) is 2.74. The summed E-state index contributed by atoms with van der Waals surface area (Å²) in [5.41, 5.74) is 0. The van der Waals surface area contributed by atoms with Crippen molar-refractivity contribution in [3.63, 3.8) is 0 Å². The van der Waals surface area contributed by atoms with Crippen LogP contribution in [0.25, 0.3) is 0 Å². The molecule has 2 fully saturated rings. The summed E-state index contributed by atoms with van der Waals surface area (Å²) in [5.74, 6) is -0.780. The first kappa shape index (κ1) is 12.4. The molecule has 0 aromatic carbocycles. The highest BCUT2D eigenvalue weighted by Gasteiger charge is 2.36. The van der Waals surface area contributed by atoms with Gasteiger partial charge in [0.25, 0.3) is 0 Å². The molecule has 2 aliphatic rings. The number of rotatable bonds is 5. The fraction of sp³-hybridized carbons (Fsp3) is 0.833. The number of carboxylic acid groups (broad SMARTS) is 1. The van der Waals surface area contributed by atoms with Gasteiger partial charge in [0, 0.05) is 32.1 Å². The average molecular weight is 240 g/mol. The minimum atomic E-state index is -0.723. The molecule has 2 rings (SSSR count). The van der Waals surface area contributed by atoms with E-state index in [0.29, 0.717) is 13.0 Å². The van der Waals surface area contributed by atoms with E-state index in [1.165, 1.54) is 0 Å². The van der Waals surface area contributed by atoms with Gasteiger partial charge >= 0.3 is 5.97 Å². The van der Waals surface area contributed by atoms with E-state index in [2.05, 4.69) is 5.32 Å². The highest BCUT2D eigenvalue weighted by molar-refractivity contribution is 5.76. The molecular formula is C12H20N2O3. The molecule has 96 valence electrons. The minimum Gasteiger partial charge on any atom is -0.481 e. The van der Waals surface area contributed by atoms with Crippen LogP contribution in [0.1, 0.15) is 32.1 Å². The standard InChI is InChI=1S/C12H20N2O3/c15-11(14-7-1-2-8-14)5-6-13-10-4-3-9(10)12(16)17/h9-10,13H,1-8H2,(H,16,17). The van der Waals surface area contributed by atoms with E-state index in [1.54, 1.807) is 0 Å². The Balaban J connectivity index is 1.62. The molecule has 1 heterocycles. The molecule has 2 unspecified atom stereocenters. The molecule has 5 nitrogen and oxygen atoms in total. The van der Waals surface area contributed by atoms with Gasteiger partial charge in [0.2, 0.25) is 5.91 Å². The molecule has 0 radical (unpaired) electrons. The van der Waals surface area contributed by atoms with Crippen molar-refractivity contribution in [3.05, 3.63) is 0 Å². The number of hydrogen-bond acceptors (Lipinski definition) is 3.